The maximum absolute atomic E-state index is 14.7. The lowest BCUT2D eigenvalue weighted by Crippen LogP contribution is -2.51. The van der Waals surface area contributed by atoms with Crippen LogP contribution in [-0.4, -0.2) is 69.0 Å². The number of hydrogen-bond acceptors (Lipinski definition) is 7. The first-order valence-corrected chi connectivity index (χ1v) is 12.7. The quantitative estimate of drug-likeness (QED) is 0.298. The van der Waals surface area contributed by atoms with Gasteiger partial charge in [-0.1, -0.05) is 17.4 Å². The van der Waals surface area contributed by atoms with Gasteiger partial charge in [-0.2, -0.15) is 18.3 Å². The molecule has 11 nitrogen and oxygen atoms in total. The van der Waals surface area contributed by atoms with Crippen molar-refractivity contribution in [3.63, 3.8) is 0 Å². The normalized spacial score (nSPS) is 17.0. The standard InChI is InChI=1S/C23H20F7N7O4S/c1-36-19(37-7-5-13(22(26,27)6-8-37)33-20(39)23(28,29)30)12(9-31-36)32-16(38)15-18(35-21(40)41)42-17(34-15)14-10(24)3-2-4-11(14)25/h2-4,9,13,35H,5-8H2,1H3,(H,32,38)(H,33,39)(H,40,41). The molecule has 0 spiro atoms. The van der Waals surface area contributed by atoms with Gasteiger partial charge in [0.1, 0.15) is 27.3 Å². The first kappa shape index (κ1) is 30.5. The molecular weight excluding hydrogens is 603 g/mol. The van der Waals surface area contributed by atoms with Crippen LogP contribution in [0.25, 0.3) is 10.6 Å². The molecule has 4 rings (SSSR count). The maximum Gasteiger partial charge on any atom is 0.471 e. The molecule has 1 saturated heterocycles. The van der Waals surface area contributed by atoms with E-state index in [1.165, 1.54) is 21.9 Å². The zero-order chi connectivity index (χ0) is 31.0. The molecule has 1 aromatic carbocycles. The number of carbonyl (C=O) groups excluding carboxylic acids is 2. The number of carboxylic acid groups (broad SMARTS) is 1. The van der Waals surface area contributed by atoms with Gasteiger partial charge in [0.25, 0.3) is 11.8 Å². The van der Waals surface area contributed by atoms with Crippen molar-refractivity contribution >= 4 is 45.8 Å². The van der Waals surface area contributed by atoms with Gasteiger partial charge in [0.15, 0.2) is 11.5 Å². The van der Waals surface area contributed by atoms with E-state index >= 15 is 0 Å². The molecule has 226 valence electrons. The van der Waals surface area contributed by atoms with Crippen molar-refractivity contribution in [2.75, 3.05) is 28.6 Å². The highest BCUT2D eigenvalue weighted by molar-refractivity contribution is 7.19. The monoisotopic (exact) mass is 623 g/mol. The van der Waals surface area contributed by atoms with Gasteiger partial charge in [0, 0.05) is 26.6 Å². The lowest BCUT2D eigenvalue weighted by Gasteiger charge is -2.25. The summed E-state index contributed by atoms with van der Waals surface area (Å²) in [5.74, 6) is -9.23. The first-order chi connectivity index (χ1) is 19.6. The zero-order valence-electron chi connectivity index (χ0n) is 21.2. The summed E-state index contributed by atoms with van der Waals surface area (Å²) in [5, 5.41) is 18.1. The van der Waals surface area contributed by atoms with E-state index in [-0.39, 0.29) is 28.1 Å². The largest absolute Gasteiger partial charge is 0.471 e. The number of amides is 3. The highest BCUT2D eigenvalue weighted by Crippen LogP contribution is 2.37. The molecule has 3 aromatic rings. The molecule has 1 aliphatic heterocycles. The SMILES string of the molecule is Cn1ncc(NC(=O)c2nc(-c3c(F)cccc3F)sc2NC(=O)O)c1N1CCC(NC(=O)C(F)(F)F)C(F)(F)CC1. The maximum atomic E-state index is 14.7. The number of alkyl halides is 5. The summed E-state index contributed by atoms with van der Waals surface area (Å²) >= 11 is 0.482. The third-order valence-corrected chi connectivity index (χ3v) is 7.16. The van der Waals surface area contributed by atoms with Crippen LogP contribution in [0.4, 0.5) is 52.0 Å². The van der Waals surface area contributed by atoms with Crippen LogP contribution < -0.4 is 20.9 Å². The molecule has 0 bridgehead atoms. The van der Waals surface area contributed by atoms with Gasteiger partial charge >= 0.3 is 18.2 Å². The fraction of sp³-hybridized carbons (Fsp3) is 0.348. The summed E-state index contributed by atoms with van der Waals surface area (Å²) in [7, 11) is 1.40. The minimum atomic E-state index is -5.36. The Hall–Kier alpha value is -4.42. The molecule has 19 heteroatoms. The number of nitrogens with zero attached hydrogens (tertiary/aromatic N) is 4. The number of aromatic nitrogens is 3. The second kappa shape index (κ2) is 11.5. The second-order valence-electron chi connectivity index (χ2n) is 8.99. The smallest absolute Gasteiger partial charge is 0.465 e. The van der Waals surface area contributed by atoms with Gasteiger partial charge in [0.2, 0.25) is 0 Å². The number of hydrogen-bond donors (Lipinski definition) is 4. The number of benzene rings is 1. The third kappa shape index (κ3) is 6.39. The second-order valence-corrected chi connectivity index (χ2v) is 9.99. The topological polar surface area (TPSA) is 141 Å². The van der Waals surface area contributed by atoms with Crippen LogP contribution >= 0.6 is 11.3 Å². The van der Waals surface area contributed by atoms with Crippen LogP contribution in [0.3, 0.4) is 0 Å². The predicted octanol–water partition coefficient (Wildman–Crippen LogP) is 4.45. The van der Waals surface area contributed by atoms with Crippen molar-refractivity contribution in [2.45, 2.75) is 31.0 Å². The molecule has 0 aliphatic carbocycles. The average Bonchev–Trinajstić information content (AvgIpc) is 3.41. The lowest BCUT2D eigenvalue weighted by atomic mass is 10.1. The minimum Gasteiger partial charge on any atom is -0.465 e. The van der Waals surface area contributed by atoms with Gasteiger partial charge in [-0.15, -0.1) is 0 Å². The summed E-state index contributed by atoms with van der Waals surface area (Å²) in [4.78, 5) is 41.0. The van der Waals surface area contributed by atoms with Crippen LogP contribution in [0.1, 0.15) is 23.3 Å². The molecule has 2 aromatic heterocycles. The average molecular weight is 624 g/mol. The Kier molecular flexibility index (Phi) is 8.33. The third-order valence-electron chi connectivity index (χ3n) is 6.17. The number of thiazole rings is 1. The van der Waals surface area contributed by atoms with Gasteiger partial charge in [-0.05, 0) is 18.6 Å². The molecule has 1 aliphatic rings. The van der Waals surface area contributed by atoms with Gasteiger partial charge in [-0.3, -0.25) is 19.6 Å². The molecule has 1 atom stereocenters. The highest BCUT2D eigenvalue weighted by Gasteiger charge is 2.47. The molecule has 42 heavy (non-hydrogen) atoms. The van der Waals surface area contributed by atoms with E-state index in [2.05, 4.69) is 15.4 Å². The number of nitrogens with one attached hydrogen (secondary N) is 3. The van der Waals surface area contributed by atoms with Crippen molar-refractivity contribution in [3.05, 3.63) is 41.7 Å². The Bertz CT molecular complexity index is 1500. The molecular formula is C23H20F7N7O4S. The van der Waals surface area contributed by atoms with E-state index in [1.54, 1.807) is 0 Å². The van der Waals surface area contributed by atoms with Crippen molar-refractivity contribution in [3.8, 4) is 10.6 Å². The lowest BCUT2D eigenvalue weighted by molar-refractivity contribution is -0.177. The summed E-state index contributed by atoms with van der Waals surface area (Å²) < 4.78 is 97.2. The summed E-state index contributed by atoms with van der Waals surface area (Å²) in [6, 6.07) is 0.853. The first-order valence-electron chi connectivity index (χ1n) is 11.9. The van der Waals surface area contributed by atoms with E-state index in [0.29, 0.717) is 11.3 Å². The number of carbonyl (C=O) groups is 3. The van der Waals surface area contributed by atoms with Crippen LogP contribution in [0.2, 0.25) is 0 Å². The Morgan fingerprint density at radius 2 is 1.79 bits per heavy atom. The van der Waals surface area contributed by atoms with E-state index in [0.717, 1.165) is 24.4 Å². The zero-order valence-corrected chi connectivity index (χ0v) is 22.0. The van der Waals surface area contributed by atoms with Crippen LogP contribution in [-0.2, 0) is 11.8 Å². The molecule has 4 N–H and O–H groups in total. The Morgan fingerprint density at radius 1 is 1.12 bits per heavy atom. The van der Waals surface area contributed by atoms with Crippen molar-refractivity contribution < 1.29 is 50.2 Å². The fourth-order valence-electron chi connectivity index (χ4n) is 4.24. The van der Waals surface area contributed by atoms with Gasteiger partial charge in [0.05, 0.1) is 17.8 Å². The van der Waals surface area contributed by atoms with Crippen LogP contribution in [0.5, 0.6) is 0 Å². The molecule has 3 amide bonds. The predicted molar refractivity (Wildman–Crippen MR) is 135 cm³/mol. The van der Waals surface area contributed by atoms with E-state index in [9.17, 15) is 50.2 Å². The van der Waals surface area contributed by atoms with Crippen molar-refractivity contribution in [2.24, 2.45) is 7.05 Å². The van der Waals surface area contributed by atoms with Crippen molar-refractivity contribution in [1.82, 2.24) is 20.1 Å². The summed E-state index contributed by atoms with van der Waals surface area (Å²) in [5.41, 5.74) is -1.24. The summed E-state index contributed by atoms with van der Waals surface area (Å²) in [6.45, 7) is -0.687. The van der Waals surface area contributed by atoms with E-state index in [1.807, 2.05) is 5.32 Å². The minimum absolute atomic E-state index is 0.0605. The molecule has 1 fully saturated rings. The Morgan fingerprint density at radius 3 is 2.40 bits per heavy atom. The van der Waals surface area contributed by atoms with Crippen molar-refractivity contribution in [1.29, 1.82) is 0 Å². The molecule has 0 saturated carbocycles. The van der Waals surface area contributed by atoms with Crippen LogP contribution in [0.15, 0.2) is 24.4 Å². The number of anilines is 3. The molecule has 1 unspecified atom stereocenters. The highest BCUT2D eigenvalue weighted by atomic mass is 32.1. The van der Waals surface area contributed by atoms with E-state index < -0.39 is 78.3 Å². The number of rotatable bonds is 6. The fourth-order valence-corrected chi connectivity index (χ4v) is 5.24. The summed E-state index contributed by atoms with van der Waals surface area (Å²) in [6.07, 6.45) is -7.38. The Balaban J connectivity index is 1.60. The van der Waals surface area contributed by atoms with Crippen LogP contribution in [0, 0.1) is 11.6 Å². The Labute approximate surface area is 235 Å². The number of aryl methyl sites for hydroxylation is 1. The van der Waals surface area contributed by atoms with Gasteiger partial charge < -0.3 is 20.6 Å². The van der Waals surface area contributed by atoms with Gasteiger partial charge in [-0.25, -0.2) is 27.3 Å². The van der Waals surface area contributed by atoms with E-state index in [4.69, 9.17) is 0 Å². The number of halogens is 7. The molecule has 0 radical (unpaired) electrons. The molecule has 3 heterocycles.